The summed E-state index contributed by atoms with van der Waals surface area (Å²) in [5, 5.41) is 3.30. The van der Waals surface area contributed by atoms with Crippen molar-refractivity contribution in [3.05, 3.63) is 23.7 Å². The molecule has 1 amide bonds. The predicted molar refractivity (Wildman–Crippen MR) is 73.3 cm³/mol. The largest absolute Gasteiger partial charge is 0.459 e. The van der Waals surface area contributed by atoms with Crippen LogP contribution in [0.4, 0.5) is 0 Å². The third-order valence-electron chi connectivity index (χ3n) is 3.26. The first-order chi connectivity index (χ1) is 8.24. The predicted octanol–water partition coefficient (Wildman–Crippen LogP) is 2.22. The van der Waals surface area contributed by atoms with Gasteiger partial charge in [-0.05, 0) is 32.4 Å². The van der Waals surface area contributed by atoms with Crippen molar-refractivity contribution >= 4 is 18.3 Å². The van der Waals surface area contributed by atoms with Gasteiger partial charge in [0.25, 0.3) is 5.91 Å². The molecule has 0 aliphatic carbocycles. The van der Waals surface area contributed by atoms with Gasteiger partial charge in [-0.2, -0.15) is 0 Å². The smallest absolute Gasteiger partial charge is 0.290 e. The average Bonchev–Trinajstić information content (AvgIpc) is 2.95. The van der Waals surface area contributed by atoms with Gasteiger partial charge in [-0.3, -0.25) is 4.79 Å². The summed E-state index contributed by atoms with van der Waals surface area (Å²) in [5.74, 6) is 0.522. The first-order valence-corrected chi connectivity index (χ1v) is 6.29. The molecule has 0 saturated carbocycles. The van der Waals surface area contributed by atoms with Gasteiger partial charge in [-0.25, -0.2) is 0 Å². The van der Waals surface area contributed by atoms with Crippen LogP contribution in [-0.4, -0.2) is 36.5 Å². The Morgan fingerprint density at radius 3 is 2.89 bits per heavy atom. The fourth-order valence-electron chi connectivity index (χ4n) is 2.32. The van der Waals surface area contributed by atoms with E-state index in [1.807, 2.05) is 17.9 Å². The van der Waals surface area contributed by atoms with E-state index in [2.05, 4.69) is 12.2 Å². The number of amides is 1. The summed E-state index contributed by atoms with van der Waals surface area (Å²) in [6, 6.07) is 2.15. The molecule has 1 aromatic heterocycles. The van der Waals surface area contributed by atoms with E-state index < -0.39 is 0 Å². The van der Waals surface area contributed by atoms with Crippen molar-refractivity contribution in [3.8, 4) is 0 Å². The van der Waals surface area contributed by atoms with E-state index in [0.29, 0.717) is 11.8 Å². The van der Waals surface area contributed by atoms with Crippen molar-refractivity contribution in [1.29, 1.82) is 0 Å². The van der Waals surface area contributed by atoms with Crippen LogP contribution < -0.4 is 5.32 Å². The molecule has 1 atom stereocenters. The molecule has 5 heteroatoms. The lowest BCUT2D eigenvalue weighted by Crippen LogP contribution is -2.42. The van der Waals surface area contributed by atoms with Crippen LogP contribution in [0.15, 0.2) is 16.7 Å². The number of halogens is 1. The van der Waals surface area contributed by atoms with Gasteiger partial charge in [-0.1, -0.05) is 6.92 Å². The maximum Gasteiger partial charge on any atom is 0.290 e. The van der Waals surface area contributed by atoms with Gasteiger partial charge in [0, 0.05) is 24.7 Å². The highest BCUT2D eigenvalue weighted by atomic mass is 35.5. The summed E-state index contributed by atoms with van der Waals surface area (Å²) in [6.45, 7) is 6.69. The molecule has 1 aromatic rings. The second-order valence-electron chi connectivity index (χ2n) is 4.58. The summed E-state index contributed by atoms with van der Waals surface area (Å²) < 4.78 is 5.30. The van der Waals surface area contributed by atoms with Crippen molar-refractivity contribution in [2.24, 2.45) is 0 Å². The molecule has 102 valence electrons. The number of rotatable bonds is 4. The van der Waals surface area contributed by atoms with Crippen LogP contribution >= 0.6 is 12.4 Å². The molecule has 2 rings (SSSR count). The standard InChI is InChI=1S/C13H20N2O2.ClH/c1-3-7-15(11-4-6-14-9-11)13(16)12-10(2)5-8-17-12;/h5,8,11,14H,3-4,6-7,9H2,1-2H3;1H. The topological polar surface area (TPSA) is 45.5 Å². The molecular formula is C13H21ClN2O2. The summed E-state index contributed by atoms with van der Waals surface area (Å²) in [5.41, 5.74) is 0.919. The third kappa shape index (κ3) is 3.06. The van der Waals surface area contributed by atoms with Gasteiger partial charge in [0.15, 0.2) is 5.76 Å². The second kappa shape index (κ2) is 6.81. The van der Waals surface area contributed by atoms with E-state index in [0.717, 1.165) is 38.0 Å². The van der Waals surface area contributed by atoms with Crippen LogP contribution in [0.3, 0.4) is 0 Å². The van der Waals surface area contributed by atoms with Gasteiger partial charge in [-0.15, -0.1) is 12.4 Å². The number of hydrogen-bond donors (Lipinski definition) is 1. The van der Waals surface area contributed by atoms with Crippen LogP contribution in [0.1, 0.15) is 35.9 Å². The Hall–Kier alpha value is -1.00. The highest BCUT2D eigenvalue weighted by Gasteiger charge is 2.28. The van der Waals surface area contributed by atoms with E-state index in [-0.39, 0.29) is 18.3 Å². The van der Waals surface area contributed by atoms with Gasteiger partial charge in [0.1, 0.15) is 0 Å². The molecule has 1 unspecified atom stereocenters. The van der Waals surface area contributed by atoms with Crippen LogP contribution in [0, 0.1) is 6.92 Å². The van der Waals surface area contributed by atoms with Crippen LogP contribution in [0.5, 0.6) is 0 Å². The fraction of sp³-hybridized carbons (Fsp3) is 0.615. The normalized spacial score (nSPS) is 18.4. The highest BCUT2D eigenvalue weighted by Crippen LogP contribution is 2.17. The molecular weight excluding hydrogens is 252 g/mol. The fourth-order valence-corrected chi connectivity index (χ4v) is 2.32. The Morgan fingerprint density at radius 2 is 2.39 bits per heavy atom. The minimum atomic E-state index is 0. The molecule has 1 N–H and O–H groups in total. The van der Waals surface area contributed by atoms with E-state index in [4.69, 9.17) is 4.42 Å². The van der Waals surface area contributed by atoms with Crippen LogP contribution in [0.2, 0.25) is 0 Å². The zero-order valence-electron chi connectivity index (χ0n) is 10.9. The SMILES string of the molecule is CCCN(C(=O)c1occc1C)C1CCNC1.Cl. The summed E-state index contributed by atoms with van der Waals surface area (Å²) in [4.78, 5) is 14.4. The van der Waals surface area contributed by atoms with Gasteiger partial charge in [0.2, 0.25) is 0 Å². The summed E-state index contributed by atoms with van der Waals surface area (Å²) >= 11 is 0. The zero-order valence-corrected chi connectivity index (χ0v) is 11.8. The number of nitrogens with one attached hydrogen (secondary N) is 1. The van der Waals surface area contributed by atoms with Crippen molar-refractivity contribution in [2.75, 3.05) is 19.6 Å². The molecule has 0 bridgehead atoms. The average molecular weight is 273 g/mol. The molecule has 18 heavy (non-hydrogen) atoms. The molecule has 0 aromatic carbocycles. The number of hydrogen-bond acceptors (Lipinski definition) is 3. The molecule has 4 nitrogen and oxygen atoms in total. The van der Waals surface area contributed by atoms with E-state index in [1.54, 1.807) is 6.26 Å². The minimum absolute atomic E-state index is 0. The van der Waals surface area contributed by atoms with Crippen molar-refractivity contribution in [2.45, 2.75) is 32.7 Å². The number of carbonyl (C=O) groups is 1. The lowest BCUT2D eigenvalue weighted by Gasteiger charge is -2.27. The van der Waals surface area contributed by atoms with Gasteiger partial charge >= 0.3 is 0 Å². The molecule has 0 radical (unpaired) electrons. The molecule has 1 saturated heterocycles. The first-order valence-electron chi connectivity index (χ1n) is 6.29. The Labute approximate surface area is 114 Å². The Bertz CT molecular complexity index is 386. The Kier molecular flexibility index (Phi) is 5.69. The first kappa shape index (κ1) is 15.1. The van der Waals surface area contributed by atoms with Crippen molar-refractivity contribution in [3.63, 3.8) is 0 Å². The maximum atomic E-state index is 12.4. The van der Waals surface area contributed by atoms with Gasteiger partial charge in [0.05, 0.1) is 6.26 Å². The number of carbonyl (C=O) groups excluding carboxylic acids is 1. The lowest BCUT2D eigenvalue weighted by molar-refractivity contribution is 0.0658. The van der Waals surface area contributed by atoms with Crippen molar-refractivity contribution in [1.82, 2.24) is 10.2 Å². The maximum absolute atomic E-state index is 12.4. The van der Waals surface area contributed by atoms with Crippen LogP contribution in [0.25, 0.3) is 0 Å². The molecule has 0 spiro atoms. The molecule has 1 fully saturated rings. The lowest BCUT2D eigenvalue weighted by atomic mass is 10.1. The number of aryl methyl sites for hydroxylation is 1. The van der Waals surface area contributed by atoms with E-state index in [1.165, 1.54) is 0 Å². The van der Waals surface area contributed by atoms with Crippen LogP contribution in [-0.2, 0) is 0 Å². The Balaban J connectivity index is 0.00000162. The second-order valence-corrected chi connectivity index (χ2v) is 4.58. The number of nitrogens with zero attached hydrogens (tertiary/aromatic N) is 1. The summed E-state index contributed by atoms with van der Waals surface area (Å²) in [6.07, 6.45) is 3.59. The van der Waals surface area contributed by atoms with E-state index in [9.17, 15) is 4.79 Å². The van der Waals surface area contributed by atoms with E-state index >= 15 is 0 Å². The highest BCUT2D eigenvalue weighted by molar-refractivity contribution is 5.93. The summed E-state index contributed by atoms with van der Waals surface area (Å²) in [7, 11) is 0. The van der Waals surface area contributed by atoms with Crippen molar-refractivity contribution < 1.29 is 9.21 Å². The molecule has 2 heterocycles. The zero-order chi connectivity index (χ0) is 12.3. The van der Waals surface area contributed by atoms with Gasteiger partial charge < -0.3 is 14.6 Å². The monoisotopic (exact) mass is 272 g/mol. The quantitative estimate of drug-likeness (QED) is 0.914. The molecule has 1 aliphatic heterocycles. The molecule has 1 aliphatic rings. The number of furan rings is 1. The Morgan fingerprint density at radius 1 is 1.61 bits per heavy atom. The third-order valence-corrected chi connectivity index (χ3v) is 3.26. The minimum Gasteiger partial charge on any atom is -0.459 e.